The summed E-state index contributed by atoms with van der Waals surface area (Å²) in [5, 5.41) is 9.02. The Morgan fingerprint density at radius 1 is 1.57 bits per heavy atom. The number of fused-ring (bicyclic) bond motifs is 2. The molecule has 0 aromatic carbocycles. The third kappa shape index (κ3) is 1.21. The van der Waals surface area contributed by atoms with Crippen molar-refractivity contribution < 1.29 is 19.4 Å². The van der Waals surface area contributed by atoms with Gasteiger partial charge in [0.05, 0.1) is 11.8 Å². The van der Waals surface area contributed by atoms with E-state index >= 15 is 0 Å². The van der Waals surface area contributed by atoms with Crippen LogP contribution in [0.2, 0.25) is 0 Å². The first kappa shape index (κ1) is 9.49. The molecule has 1 heterocycles. The molecule has 2 bridgehead atoms. The lowest BCUT2D eigenvalue weighted by Crippen LogP contribution is -2.39. The quantitative estimate of drug-likeness (QED) is 0.639. The zero-order valence-electron chi connectivity index (χ0n) is 8.32. The lowest BCUT2D eigenvalue weighted by Gasteiger charge is -2.33. The molecule has 0 aromatic rings. The predicted octanol–water partition coefficient (Wildman–Crippen LogP) is 1.05. The molecule has 4 atom stereocenters. The number of carbonyl (C=O) groups excluding carboxylic acids is 1. The Morgan fingerprint density at radius 2 is 2.21 bits per heavy atom. The Bertz CT molecular complexity index is 298. The number of hydrogen-bond acceptors (Lipinski definition) is 3. The molecule has 2 rings (SSSR count). The summed E-state index contributed by atoms with van der Waals surface area (Å²) >= 11 is 0. The molecular weight excluding hydrogens is 184 g/mol. The van der Waals surface area contributed by atoms with Crippen LogP contribution in [0.4, 0.5) is 0 Å². The number of esters is 1. The highest BCUT2D eigenvalue weighted by Gasteiger charge is 2.55. The minimum Gasteiger partial charge on any atom is -0.481 e. The van der Waals surface area contributed by atoms with Crippen molar-refractivity contribution >= 4 is 11.9 Å². The molecule has 1 N–H and O–H groups in total. The molecule has 0 unspecified atom stereocenters. The molecule has 4 heteroatoms. The summed E-state index contributed by atoms with van der Waals surface area (Å²) in [5.41, 5.74) is -0.410. The molecule has 4 nitrogen and oxygen atoms in total. The molecule has 0 radical (unpaired) electrons. The summed E-state index contributed by atoms with van der Waals surface area (Å²) in [6.45, 7) is 3.77. The van der Waals surface area contributed by atoms with Crippen molar-refractivity contribution in [3.8, 4) is 0 Å². The van der Waals surface area contributed by atoms with Crippen molar-refractivity contribution in [1.29, 1.82) is 0 Å². The van der Waals surface area contributed by atoms with E-state index < -0.39 is 23.4 Å². The third-order valence-corrected chi connectivity index (χ3v) is 3.39. The van der Waals surface area contributed by atoms with Gasteiger partial charge in [0, 0.05) is 6.42 Å². The molecule has 2 fully saturated rings. The van der Waals surface area contributed by atoms with Gasteiger partial charge in [-0.15, -0.1) is 0 Å². The van der Waals surface area contributed by atoms with Crippen LogP contribution in [0.25, 0.3) is 0 Å². The van der Waals surface area contributed by atoms with Gasteiger partial charge in [-0.3, -0.25) is 9.59 Å². The van der Waals surface area contributed by atoms with Crippen molar-refractivity contribution in [2.75, 3.05) is 0 Å². The van der Waals surface area contributed by atoms with Crippen LogP contribution in [0, 0.1) is 17.8 Å². The molecule has 0 amide bonds. The Morgan fingerprint density at radius 3 is 2.79 bits per heavy atom. The second-order valence-electron chi connectivity index (χ2n) is 4.73. The van der Waals surface area contributed by atoms with Crippen LogP contribution in [0.5, 0.6) is 0 Å². The number of aliphatic carboxylic acids is 1. The maximum atomic E-state index is 11.4. The van der Waals surface area contributed by atoms with Gasteiger partial charge in [-0.25, -0.2) is 0 Å². The highest BCUT2D eigenvalue weighted by Crippen LogP contribution is 2.48. The van der Waals surface area contributed by atoms with Crippen molar-refractivity contribution in [1.82, 2.24) is 0 Å². The van der Waals surface area contributed by atoms with E-state index in [0.717, 1.165) is 0 Å². The normalized spacial score (nSPS) is 46.1. The van der Waals surface area contributed by atoms with Crippen LogP contribution in [0.1, 0.15) is 26.7 Å². The lowest BCUT2D eigenvalue weighted by molar-refractivity contribution is -0.152. The molecule has 0 aromatic heterocycles. The van der Waals surface area contributed by atoms with Crippen molar-refractivity contribution in [3.63, 3.8) is 0 Å². The van der Waals surface area contributed by atoms with Gasteiger partial charge < -0.3 is 9.84 Å². The Hall–Kier alpha value is -1.06. The van der Waals surface area contributed by atoms with Crippen LogP contribution in [0.15, 0.2) is 0 Å². The van der Waals surface area contributed by atoms with Gasteiger partial charge >= 0.3 is 11.9 Å². The number of carboxylic acids is 1. The van der Waals surface area contributed by atoms with Gasteiger partial charge in [-0.1, -0.05) is 6.92 Å². The summed E-state index contributed by atoms with van der Waals surface area (Å²) in [6.07, 6.45) is 1.22. The molecule has 1 aliphatic heterocycles. The van der Waals surface area contributed by atoms with Gasteiger partial charge in [0.2, 0.25) is 0 Å². The smallest absolute Gasteiger partial charge is 0.310 e. The molecule has 1 aliphatic carbocycles. The van der Waals surface area contributed by atoms with Gasteiger partial charge in [-0.2, -0.15) is 0 Å². The molecule has 1 saturated carbocycles. The largest absolute Gasteiger partial charge is 0.481 e. The summed E-state index contributed by atoms with van der Waals surface area (Å²) in [5.74, 6) is -2.17. The van der Waals surface area contributed by atoms with E-state index in [1.807, 2.05) is 13.8 Å². The van der Waals surface area contributed by atoms with Gasteiger partial charge in [0.1, 0.15) is 5.60 Å². The highest BCUT2D eigenvalue weighted by atomic mass is 16.6. The van der Waals surface area contributed by atoms with Gasteiger partial charge in [0.15, 0.2) is 0 Å². The molecule has 78 valence electrons. The number of ether oxygens (including phenoxy) is 1. The average Bonchev–Trinajstić information content (AvgIpc) is 2.21. The Kier molecular flexibility index (Phi) is 1.84. The minimum absolute atomic E-state index is 0.0164. The van der Waals surface area contributed by atoms with E-state index in [0.29, 0.717) is 12.8 Å². The van der Waals surface area contributed by atoms with Gasteiger partial charge in [0.25, 0.3) is 0 Å². The first-order valence-electron chi connectivity index (χ1n) is 4.89. The standard InChI is InChI=1S/C10H14O4/c1-5-3-10(2)4-6(9(13)14-10)7(5)8(11)12/h5-7H,3-4H2,1-2H3,(H,11,12)/t5-,6-,7-,10-/m1/s1. The van der Waals surface area contributed by atoms with Crippen LogP contribution < -0.4 is 0 Å². The third-order valence-electron chi connectivity index (χ3n) is 3.39. The number of hydrogen-bond donors (Lipinski definition) is 1. The first-order chi connectivity index (χ1) is 6.43. The zero-order chi connectivity index (χ0) is 10.5. The van der Waals surface area contributed by atoms with Crippen molar-refractivity contribution in [2.24, 2.45) is 17.8 Å². The predicted molar refractivity (Wildman–Crippen MR) is 47.5 cm³/mol. The highest BCUT2D eigenvalue weighted by molar-refractivity contribution is 5.83. The molecule has 0 spiro atoms. The van der Waals surface area contributed by atoms with Crippen LogP contribution in [0.3, 0.4) is 0 Å². The lowest BCUT2D eigenvalue weighted by atomic mass is 9.69. The molecule has 14 heavy (non-hydrogen) atoms. The maximum Gasteiger partial charge on any atom is 0.310 e. The SMILES string of the molecule is C[C@@H]1C[C@]2(C)C[C@@H](C(=O)O2)[C@@H]1C(=O)O. The van der Waals surface area contributed by atoms with Crippen LogP contribution in [-0.4, -0.2) is 22.6 Å². The maximum absolute atomic E-state index is 11.4. The van der Waals surface area contributed by atoms with Gasteiger partial charge in [-0.05, 0) is 19.3 Å². The van der Waals surface area contributed by atoms with E-state index in [9.17, 15) is 9.59 Å². The summed E-state index contributed by atoms with van der Waals surface area (Å²) < 4.78 is 5.22. The summed E-state index contributed by atoms with van der Waals surface area (Å²) in [4.78, 5) is 22.4. The fourth-order valence-electron chi connectivity index (χ4n) is 2.93. The van der Waals surface area contributed by atoms with Crippen molar-refractivity contribution in [3.05, 3.63) is 0 Å². The molecule has 2 aliphatic rings. The van der Waals surface area contributed by atoms with Crippen LogP contribution >= 0.6 is 0 Å². The van der Waals surface area contributed by atoms with Crippen molar-refractivity contribution in [2.45, 2.75) is 32.3 Å². The topological polar surface area (TPSA) is 63.6 Å². The second kappa shape index (κ2) is 2.72. The number of carboxylic acid groups (broad SMARTS) is 1. The Balaban J connectivity index is 2.31. The van der Waals surface area contributed by atoms with Crippen LogP contribution in [-0.2, 0) is 14.3 Å². The first-order valence-corrected chi connectivity index (χ1v) is 4.89. The van der Waals surface area contributed by atoms with E-state index in [1.165, 1.54) is 0 Å². The second-order valence-corrected chi connectivity index (χ2v) is 4.73. The fraction of sp³-hybridized carbons (Fsp3) is 0.800. The molecule has 1 saturated heterocycles. The number of rotatable bonds is 1. The zero-order valence-corrected chi connectivity index (χ0v) is 8.32. The monoisotopic (exact) mass is 198 g/mol. The van der Waals surface area contributed by atoms with E-state index in [-0.39, 0.29) is 11.9 Å². The van der Waals surface area contributed by atoms with E-state index in [1.54, 1.807) is 0 Å². The fourth-order valence-corrected chi connectivity index (χ4v) is 2.93. The summed E-state index contributed by atoms with van der Waals surface area (Å²) in [7, 11) is 0. The van der Waals surface area contributed by atoms with E-state index in [4.69, 9.17) is 9.84 Å². The molecular formula is C10H14O4. The number of carbonyl (C=O) groups is 2. The summed E-state index contributed by atoms with van der Waals surface area (Å²) in [6, 6.07) is 0. The minimum atomic E-state index is -0.872. The average molecular weight is 198 g/mol. The van der Waals surface area contributed by atoms with E-state index in [2.05, 4.69) is 0 Å². The Labute approximate surface area is 82.2 Å².